The van der Waals surface area contributed by atoms with E-state index in [2.05, 4.69) is 10.3 Å². The van der Waals surface area contributed by atoms with Gasteiger partial charge in [0, 0.05) is 32.2 Å². The number of nitrogens with two attached hydrogens (primary N) is 1. The molecule has 0 unspecified atom stereocenters. The summed E-state index contributed by atoms with van der Waals surface area (Å²) in [6, 6.07) is 7.37. The number of benzene rings is 1. The van der Waals surface area contributed by atoms with Gasteiger partial charge in [0.1, 0.15) is 0 Å². The number of hydrogen-bond donors (Lipinski definition) is 2. The quantitative estimate of drug-likeness (QED) is 0.807. The minimum atomic E-state index is -3.21. The molecule has 0 fully saturated rings. The van der Waals surface area contributed by atoms with Gasteiger partial charge in [0.2, 0.25) is 10.0 Å². The number of nitrogen functional groups attached to an aromatic ring is 1. The van der Waals surface area contributed by atoms with Crippen molar-refractivity contribution in [3.63, 3.8) is 0 Å². The molecular weight excluding hydrogens is 276 g/mol. The molecule has 3 N–H and O–H groups in total. The Balaban J connectivity index is 2.13. The van der Waals surface area contributed by atoms with Crippen LogP contribution in [0.3, 0.4) is 0 Å². The van der Waals surface area contributed by atoms with Crippen LogP contribution in [-0.4, -0.2) is 44.1 Å². The third-order valence-corrected chi connectivity index (χ3v) is 4.89. The lowest BCUT2D eigenvalue weighted by molar-refractivity contribution is 0.521. The van der Waals surface area contributed by atoms with Crippen LogP contribution in [0.1, 0.15) is 0 Å². The molecule has 2 rings (SSSR count). The summed E-state index contributed by atoms with van der Waals surface area (Å²) in [6.07, 6.45) is 1.71. The Hall–Kier alpha value is -1.86. The standard InChI is InChI=1S/C13H18N4O2S/c1-17(2)20(18,19)9-8-16-12-6-5-11-10(13(12)14)4-3-7-15-11/h3-7,16H,8-9,14H2,1-2H3. The summed E-state index contributed by atoms with van der Waals surface area (Å²) < 4.78 is 24.5. The van der Waals surface area contributed by atoms with Crippen molar-refractivity contribution in [3.05, 3.63) is 30.5 Å². The molecule has 0 spiro atoms. The summed E-state index contributed by atoms with van der Waals surface area (Å²) in [5, 5.41) is 3.91. The van der Waals surface area contributed by atoms with Crippen molar-refractivity contribution in [1.29, 1.82) is 0 Å². The monoisotopic (exact) mass is 294 g/mol. The van der Waals surface area contributed by atoms with Gasteiger partial charge in [0.15, 0.2) is 0 Å². The average molecular weight is 294 g/mol. The molecule has 1 heterocycles. The number of pyridine rings is 1. The summed E-state index contributed by atoms with van der Waals surface area (Å²) in [5.74, 6) is 0.0184. The number of nitrogens with zero attached hydrogens (tertiary/aromatic N) is 2. The molecule has 0 atom stereocenters. The van der Waals surface area contributed by atoms with E-state index in [4.69, 9.17) is 5.73 Å². The topological polar surface area (TPSA) is 88.3 Å². The van der Waals surface area contributed by atoms with Crippen LogP contribution < -0.4 is 11.1 Å². The van der Waals surface area contributed by atoms with Crippen molar-refractivity contribution in [1.82, 2.24) is 9.29 Å². The van der Waals surface area contributed by atoms with E-state index in [-0.39, 0.29) is 5.75 Å². The number of rotatable bonds is 5. The number of nitrogens with one attached hydrogen (secondary N) is 1. The second-order valence-electron chi connectivity index (χ2n) is 4.62. The number of hydrogen-bond acceptors (Lipinski definition) is 5. The van der Waals surface area contributed by atoms with Crippen LogP contribution in [0.25, 0.3) is 10.9 Å². The van der Waals surface area contributed by atoms with Gasteiger partial charge < -0.3 is 11.1 Å². The van der Waals surface area contributed by atoms with Crippen LogP contribution >= 0.6 is 0 Å². The molecule has 0 saturated carbocycles. The lowest BCUT2D eigenvalue weighted by Crippen LogP contribution is -2.28. The van der Waals surface area contributed by atoms with Gasteiger partial charge in [-0.3, -0.25) is 4.98 Å². The van der Waals surface area contributed by atoms with E-state index in [1.165, 1.54) is 18.4 Å². The van der Waals surface area contributed by atoms with Gasteiger partial charge in [-0.15, -0.1) is 0 Å². The highest BCUT2D eigenvalue weighted by Gasteiger charge is 2.13. The fourth-order valence-corrected chi connectivity index (χ4v) is 2.55. The largest absolute Gasteiger partial charge is 0.397 e. The zero-order valence-electron chi connectivity index (χ0n) is 11.5. The minimum absolute atomic E-state index is 0.0184. The number of aromatic nitrogens is 1. The second-order valence-corrected chi connectivity index (χ2v) is 6.92. The highest BCUT2D eigenvalue weighted by Crippen LogP contribution is 2.27. The van der Waals surface area contributed by atoms with E-state index in [1.54, 1.807) is 6.20 Å². The van der Waals surface area contributed by atoms with Crippen molar-refractivity contribution in [2.24, 2.45) is 0 Å². The van der Waals surface area contributed by atoms with E-state index < -0.39 is 10.0 Å². The maximum Gasteiger partial charge on any atom is 0.215 e. The van der Waals surface area contributed by atoms with Crippen molar-refractivity contribution >= 4 is 32.3 Å². The van der Waals surface area contributed by atoms with Crippen molar-refractivity contribution in [2.75, 3.05) is 37.4 Å². The smallest absolute Gasteiger partial charge is 0.215 e. The molecule has 0 aliphatic carbocycles. The molecule has 0 aliphatic rings. The van der Waals surface area contributed by atoms with E-state index >= 15 is 0 Å². The number of anilines is 2. The van der Waals surface area contributed by atoms with Gasteiger partial charge in [-0.25, -0.2) is 12.7 Å². The Labute approximate surface area is 118 Å². The lowest BCUT2D eigenvalue weighted by atomic mass is 10.1. The SMILES string of the molecule is CN(C)S(=O)(=O)CCNc1ccc2ncccc2c1N. The number of sulfonamides is 1. The van der Waals surface area contributed by atoms with Gasteiger partial charge in [0.25, 0.3) is 0 Å². The van der Waals surface area contributed by atoms with E-state index in [0.29, 0.717) is 12.2 Å². The van der Waals surface area contributed by atoms with Gasteiger partial charge in [-0.1, -0.05) is 0 Å². The van der Waals surface area contributed by atoms with Crippen LogP contribution in [0.15, 0.2) is 30.5 Å². The Morgan fingerprint density at radius 1 is 1.30 bits per heavy atom. The Kier molecular flexibility index (Phi) is 4.10. The van der Waals surface area contributed by atoms with E-state index in [0.717, 1.165) is 16.6 Å². The molecule has 20 heavy (non-hydrogen) atoms. The zero-order valence-corrected chi connectivity index (χ0v) is 12.3. The molecule has 7 heteroatoms. The molecule has 0 aliphatic heterocycles. The molecule has 0 amide bonds. The molecule has 0 bridgehead atoms. The Morgan fingerprint density at radius 2 is 2.05 bits per heavy atom. The molecule has 0 radical (unpaired) electrons. The first-order valence-electron chi connectivity index (χ1n) is 6.19. The maximum absolute atomic E-state index is 11.7. The van der Waals surface area contributed by atoms with Gasteiger partial charge in [0.05, 0.1) is 22.6 Å². The zero-order chi connectivity index (χ0) is 14.8. The Morgan fingerprint density at radius 3 is 2.75 bits per heavy atom. The van der Waals surface area contributed by atoms with E-state index in [1.807, 2.05) is 24.3 Å². The predicted octanol–water partition coefficient (Wildman–Crippen LogP) is 1.12. The van der Waals surface area contributed by atoms with Gasteiger partial charge >= 0.3 is 0 Å². The summed E-state index contributed by atoms with van der Waals surface area (Å²) >= 11 is 0. The molecule has 108 valence electrons. The van der Waals surface area contributed by atoms with E-state index in [9.17, 15) is 8.42 Å². The van der Waals surface area contributed by atoms with Crippen molar-refractivity contribution < 1.29 is 8.42 Å². The summed E-state index contributed by atoms with van der Waals surface area (Å²) in [4.78, 5) is 4.22. The second kappa shape index (κ2) is 5.64. The average Bonchev–Trinajstić information content (AvgIpc) is 2.41. The van der Waals surface area contributed by atoms with Crippen LogP contribution in [-0.2, 0) is 10.0 Å². The summed E-state index contributed by atoms with van der Waals surface area (Å²) in [5.41, 5.74) is 8.19. The lowest BCUT2D eigenvalue weighted by Gasteiger charge is -2.14. The molecule has 1 aromatic heterocycles. The van der Waals surface area contributed by atoms with Crippen molar-refractivity contribution in [3.8, 4) is 0 Å². The maximum atomic E-state index is 11.7. The summed E-state index contributed by atoms with van der Waals surface area (Å²) in [7, 11) is -0.168. The minimum Gasteiger partial charge on any atom is -0.397 e. The van der Waals surface area contributed by atoms with Crippen LogP contribution in [0, 0.1) is 0 Å². The predicted molar refractivity (Wildman–Crippen MR) is 82.1 cm³/mol. The first kappa shape index (κ1) is 14.5. The van der Waals surface area contributed by atoms with Gasteiger partial charge in [-0.2, -0.15) is 0 Å². The van der Waals surface area contributed by atoms with Gasteiger partial charge in [-0.05, 0) is 24.3 Å². The highest BCUT2D eigenvalue weighted by molar-refractivity contribution is 7.89. The normalized spacial score (nSPS) is 11.9. The number of fused-ring (bicyclic) bond motifs is 1. The molecular formula is C13H18N4O2S. The molecule has 0 saturated heterocycles. The molecule has 1 aromatic carbocycles. The third-order valence-electron chi connectivity index (χ3n) is 3.06. The molecule has 6 nitrogen and oxygen atoms in total. The fraction of sp³-hybridized carbons (Fsp3) is 0.308. The Bertz CT molecular complexity index is 713. The first-order chi connectivity index (χ1) is 9.42. The molecule has 2 aromatic rings. The third kappa shape index (κ3) is 3.00. The van der Waals surface area contributed by atoms with Crippen LogP contribution in [0.5, 0.6) is 0 Å². The fourth-order valence-electron chi connectivity index (χ4n) is 1.83. The van der Waals surface area contributed by atoms with Crippen LogP contribution in [0.4, 0.5) is 11.4 Å². The van der Waals surface area contributed by atoms with Crippen molar-refractivity contribution in [2.45, 2.75) is 0 Å². The highest BCUT2D eigenvalue weighted by atomic mass is 32.2. The summed E-state index contributed by atoms with van der Waals surface area (Å²) in [6.45, 7) is 0.302. The van der Waals surface area contributed by atoms with Crippen LogP contribution in [0.2, 0.25) is 0 Å². The first-order valence-corrected chi connectivity index (χ1v) is 7.80.